The van der Waals surface area contributed by atoms with Crippen LogP contribution in [-0.4, -0.2) is 33.9 Å². The van der Waals surface area contributed by atoms with Crippen LogP contribution in [0.1, 0.15) is 19.2 Å². The molecule has 0 aliphatic rings. The molecular weight excluding hydrogens is 310 g/mol. The van der Waals surface area contributed by atoms with Gasteiger partial charge >= 0.3 is 0 Å². The van der Waals surface area contributed by atoms with E-state index in [-0.39, 0.29) is 0 Å². The zero-order chi connectivity index (χ0) is 13.7. The van der Waals surface area contributed by atoms with Crippen molar-refractivity contribution < 1.29 is 4.74 Å². The van der Waals surface area contributed by atoms with Crippen molar-refractivity contribution in [3.8, 4) is 11.4 Å². The lowest BCUT2D eigenvalue weighted by Gasteiger charge is -2.08. The molecule has 0 aliphatic heterocycles. The third-order valence-electron chi connectivity index (χ3n) is 2.62. The Kier molecular flexibility index (Phi) is 4.86. The fraction of sp³-hybridized carbons (Fsp3) is 0.417. The lowest BCUT2D eigenvalue weighted by Crippen LogP contribution is -2.17. The predicted octanol–water partition coefficient (Wildman–Crippen LogP) is 1.93. The summed E-state index contributed by atoms with van der Waals surface area (Å²) in [5, 5.41) is 15.1. The average Bonchev–Trinajstić information content (AvgIpc) is 2.87. The van der Waals surface area contributed by atoms with Crippen molar-refractivity contribution in [1.82, 2.24) is 25.5 Å². The van der Waals surface area contributed by atoms with Gasteiger partial charge < -0.3 is 10.1 Å². The second-order valence-electron chi connectivity index (χ2n) is 4.00. The Labute approximate surface area is 120 Å². The third-order valence-corrected chi connectivity index (χ3v) is 3.24. The van der Waals surface area contributed by atoms with Crippen molar-refractivity contribution in [3.05, 3.63) is 28.5 Å². The van der Waals surface area contributed by atoms with Gasteiger partial charge in [0.05, 0.1) is 23.8 Å². The molecule has 7 heteroatoms. The molecule has 0 bridgehead atoms. The van der Waals surface area contributed by atoms with Crippen LogP contribution in [0.4, 0.5) is 0 Å². The lowest BCUT2D eigenvalue weighted by atomic mass is 10.3. The summed E-state index contributed by atoms with van der Waals surface area (Å²) in [6.07, 6.45) is 1.08. The average molecular weight is 326 g/mol. The smallest absolute Gasteiger partial charge is 0.170 e. The van der Waals surface area contributed by atoms with Gasteiger partial charge in [-0.2, -0.15) is 4.68 Å². The van der Waals surface area contributed by atoms with Gasteiger partial charge in [-0.05, 0) is 57.5 Å². The summed E-state index contributed by atoms with van der Waals surface area (Å²) in [6.45, 7) is 3.71. The van der Waals surface area contributed by atoms with Gasteiger partial charge in [-0.25, -0.2) is 0 Å². The number of nitrogens with one attached hydrogen (secondary N) is 1. The van der Waals surface area contributed by atoms with Crippen LogP contribution in [0.25, 0.3) is 5.69 Å². The number of ether oxygens (including phenoxy) is 1. The van der Waals surface area contributed by atoms with E-state index in [1.807, 2.05) is 18.2 Å². The molecule has 1 aromatic carbocycles. The molecule has 102 valence electrons. The van der Waals surface area contributed by atoms with Crippen LogP contribution in [0.15, 0.2) is 22.7 Å². The summed E-state index contributed by atoms with van der Waals surface area (Å²) in [4.78, 5) is 0. The lowest BCUT2D eigenvalue weighted by molar-refractivity contribution is 0.412. The maximum Gasteiger partial charge on any atom is 0.170 e. The molecule has 0 amide bonds. The van der Waals surface area contributed by atoms with Crippen molar-refractivity contribution in [2.75, 3.05) is 13.7 Å². The van der Waals surface area contributed by atoms with E-state index in [0.29, 0.717) is 6.54 Å². The van der Waals surface area contributed by atoms with Crippen LogP contribution in [-0.2, 0) is 6.54 Å². The molecule has 1 heterocycles. The highest BCUT2D eigenvalue weighted by atomic mass is 79.9. The maximum absolute atomic E-state index is 5.21. The van der Waals surface area contributed by atoms with E-state index in [1.165, 1.54) is 0 Å². The van der Waals surface area contributed by atoms with E-state index < -0.39 is 0 Å². The van der Waals surface area contributed by atoms with Gasteiger partial charge in [0.25, 0.3) is 0 Å². The van der Waals surface area contributed by atoms with Gasteiger partial charge in [0.15, 0.2) is 5.82 Å². The van der Waals surface area contributed by atoms with Crippen LogP contribution < -0.4 is 10.1 Å². The third kappa shape index (κ3) is 3.30. The predicted molar refractivity (Wildman–Crippen MR) is 75.4 cm³/mol. The highest BCUT2D eigenvalue weighted by Gasteiger charge is 2.09. The van der Waals surface area contributed by atoms with Crippen LogP contribution >= 0.6 is 15.9 Å². The molecule has 0 unspecified atom stereocenters. The van der Waals surface area contributed by atoms with E-state index in [0.717, 1.165) is 34.7 Å². The van der Waals surface area contributed by atoms with Crippen LogP contribution in [0, 0.1) is 0 Å². The van der Waals surface area contributed by atoms with Crippen LogP contribution in [0.2, 0.25) is 0 Å². The highest BCUT2D eigenvalue weighted by Crippen LogP contribution is 2.26. The molecule has 0 fully saturated rings. The quantitative estimate of drug-likeness (QED) is 0.822. The minimum absolute atomic E-state index is 0.643. The van der Waals surface area contributed by atoms with Crippen LogP contribution in [0.3, 0.4) is 0 Å². The largest absolute Gasteiger partial charge is 0.496 e. The molecule has 1 N–H and O–H groups in total. The molecule has 0 atom stereocenters. The summed E-state index contributed by atoms with van der Waals surface area (Å²) in [6, 6.07) is 5.73. The molecule has 0 radical (unpaired) electrons. The van der Waals surface area contributed by atoms with Crippen molar-refractivity contribution in [3.63, 3.8) is 0 Å². The monoisotopic (exact) mass is 325 g/mol. The summed E-state index contributed by atoms with van der Waals surface area (Å²) in [5.74, 6) is 1.56. The molecule has 0 aliphatic carbocycles. The van der Waals surface area contributed by atoms with Gasteiger partial charge in [-0.3, -0.25) is 0 Å². The van der Waals surface area contributed by atoms with Gasteiger partial charge in [0.1, 0.15) is 5.75 Å². The zero-order valence-corrected chi connectivity index (χ0v) is 12.5. The van der Waals surface area contributed by atoms with Gasteiger partial charge in [0.2, 0.25) is 0 Å². The first-order valence-electron chi connectivity index (χ1n) is 6.08. The highest BCUT2D eigenvalue weighted by molar-refractivity contribution is 9.10. The van der Waals surface area contributed by atoms with Gasteiger partial charge in [-0.1, -0.05) is 6.92 Å². The molecular formula is C12H16BrN5O. The number of tetrazole rings is 1. The van der Waals surface area contributed by atoms with Gasteiger partial charge in [0, 0.05) is 0 Å². The molecule has 2 aromatic rings. The van der Waals surface area contributed by atoms with Crippen molar-refractivity contribution in [2.24, 2.45) is 0 Å². The number of methoxy groups -OCH3 is 1. The SMILES string of the molecule is CCCNCc1nnnn1-c1ccc(OC)c(Br)c1. The Morgan fingerprint density at radius 3 is 2.95 bits per heavy atom. The minimum atomic E-state index is 0.643. The number of rotatable bonds is 6. The molecule has 0 saturated carbocycles. The number of aromatic nitrogens is 4. The van der Waals surface area contributed by atoms with Crippen molar-refractivity contribution >= 4 is 15.9 Å². The molecule has 1 aromatic heterocycles. The molecule has 0 saturated heterocycles. The Morgan fingerprint density at radius 1 is 1.42 bits per heavy atom. The Balaban J connectivity index is 2.22. The second-order valence-corrected chi connectivity index (χ2v) is 4.86. The Hall–Kier alpha value is -1.47. The number of benzene rings is 1. The number of nitrogens with zero attached hydrogens (tertiary/aromatic N) is 4. The Bertz CT molecular complexity index is 543. The number of halogens is 1. The maximum atomic E-state index is 5.21. The summed E-state index contributed by atoms with van der Waals surface area (Å²) < 4.78 is 7.79. The van der Waals surface area contributed by atoms with Crippen LogP contribution in [0.5, 0.6) is 5.75 Å². The molecule has 2 rings (SSSR count). The van der Waals surface area contributed by atoms with E-state index in [9.17, 15) is 0 Å². The number of hydrogen-bond donors (Lipinski definition) is 1. The van der Waals surface area contributed by atoms with E-state index >= 15 is 0 Å². The van der Waals surface area contributed by atoms with E-state index in [2.05, 4.69) is 43.7 Å². The molecule has 0 spiro atoms. The van der Waals surface area contributed by atoms with E-state index in [1.54, 1.807) is 11.8 Å². The standard InChI is InChI=1S/C12H16BrN5O/c1-3-6-14-8-12-15-16-17-18(12)9-4-5-11(19-2)10(13)7-9/h4-5,7,14H,3,6,8H2,1-2H3. The topological polar surface area (TPSA) is 64.9 Å². The number of hydrogen-bond acceptors (Lipinski definition) is 5. The first-order valence-corrected chi connectivity index (χ1v) is 6.87. The fourth-order valence-electron chi connectivity index (χ4n) is 1.68. The summed E-state index contributed by atoms with van der Waals surface area (Å²) in [7, 11) is 1.64. The van der Waals surface area contributed by atoms with E-state index in [4.69, 9.17) is 4.74 Å². The van der Waals surface area contributed by atoms with Crippen molar-refractivity contribution in [2.45, 2.75) is 19.9 Å². The van der Waals surface area contributed by atoms with Crippen molar-refractivity contribution in [1.29, 1.82) is 0 Å². The molecule has 19 heavy (non-hydrogen) atoms. The molecule has 6 nitrogen and oxygen atoms in total. The second kappa shape index (κ2) is 6.63. The fourth-order valence-corrected chi connectivity index (χ4v) is 2.21. The van der Waals surface area contributed by atoms with Gasteiger partial charge in [-0.15, -0.1) is 5.10 Å². The summed E-state index contributed by atoms with van der Waals surface area (Å²) in [5.41, 5.74) is 0.894. The first kappa shape index (κ1) is 14.0. The summed E-state index contributed by atoms with van der Waals surface area (Å²) >= 11 is 3.46. The first-order chi connectivity index (χ1) is 9.26. The minimum Gasteiger partial charge on any atom is -0.496 e. The Morgan fingerprint density at radius 2 is 2.26 bits per heavy atom. The zero-order valence-electron chi connectivity index (χ0n) is 10.9. The normalized spacial score (nSPS) is 10.7.